The Morgan fingerprint density at radius 2 is 1.71 bits per heavy atom. The first-order valence-corrected chi connectivity index (χ1v) is 6.63. The summed E-state index contributed by atoms with van der Waals surface area (Å²) in [6.07, 6.45) is 1.68. The average molecular weight is 277 g/mol. The maximum Gasteiger partial charge on any atom is 0.150 e. The third-order valence-electron chi connectivity index (χ3n) is 3.36. The Kier molecular flexibility index (Phi) is 3.28. The van der Waals surface area contributed by atoms with E-state index in [0.29, 0.717) is 11.5 Å². The predicted molar refractivity (Wildman–Crippen MR) is 83.7 cm³/mol. The molecule has 0 aliphatic rings. The Morgan fingerprint density at radius 1 is 1.00 bits per heavy atom. The fourth-order valence-corrected chi connectivity index (χ4v) is 2.22. The molecule has 4 nitrogen and oxygen atoms in total. The number of phenolic OH excluding ortho intramolecular Hbond substituents is 1. The van der Waals surface area contributed by atoms with E-state index in [9.17, 15) is 5.11 Å². The lowest BCUT2D eigenvalue weighted by Crippen LogP contribution is -1.99. The van der Waals surface area contributed by atoms with Crippen LogP contribution in [0.4, 0.5) is 5.82 Å². The highest BCUT2D eigenvalue weighted by atomic mass is 16.3. The number of aryl methyl sites for hydroxylation is 1. The lowest BCUT2D eigenvalue weighted by atomic mass is 10.1. The van der Waals surface area contributed by atoms with Crippen molar-refractivity contribution in [3.63, 3.8) is 0 Å². The number of aromatic hydroxyl groups is 1. The number of rotatable bonds is 2. The van der Waals surface area contributed by atoms with Crippen molar-refractivity contribution in [2.75, 3.05) is 5.73 Å². The molecule has 3 rings (SSSR count). The van der Waals surface area contributed by atoms with Crippen LogP contribution in [0.3, 0.4) is 0 Å². The molecule has 104 valence electrons. The number of nitrogens with two attached hydrogens (primary N) is 1. The van der Waals surface area contributed by atoms with Crippen LogP contribution in [0, 0.1) is 6.92 Å². The summed E-state index contributed by atoms with van der Waals surface area (Å²) in [7, 11) is 0. The first-order valence-electron chi connectivity index (χ1n) is 6.63. The SMILES string of the molecule is Cc1ccccc1-c1cnc(N)c(-c2ccc(O)cc2)n1. The van der Waals surface area contributed by atoms with E-state index in [1.54, 1.807) is 30.5 Å². The van der Waals surface area contributed by atoms with Gasteiger partial charge in [-0.1, -0.05) is 24.3 Å². The molecule has 0 bridgehead atoms. The molecule has 0 unspecified atom stereocenters. The molecule has 0 saturated heterocycles. The smallest absolute Gasteiger partial charge is 0.150 e. The van der Waals surface area contributed by atoms with Crippen molar-refractivity contribution in [3.05, 3.63) is 60.3 Å². The molecule has 2 aromatic carbocycles. The lowest BCUT2D eigenvalue weighted by Gasteiger charge is -2.09. The first-order chi connectivity index (χ1) is 10.1. The molecule has 0 fully saturated rings. The minimum atomic E-state index is 0.209. The third-order valence-corrected chi connectivity index (χ3v) is 3.36. The van der Waals surface area contributed by atoms with Crippen LogP contribution >= 0.6 is 0 Å². The van der Waals surface area contributed by atoms with Crippen LogP contribution in [0.1, 0.15) is 5.56 Å². The van der Waals surface area contributed by atoms with E-state index in [-0.39, 0.29) is 5.75 Å². The second-order valence-electron chi connectivity index (χ2n) is 4.85. The predicted octanol–water partition coefficient (Wildman–Crippen LogP) is 3.41. The number of benzene rings is 2. The van der Waals surface area contributed by atoms with E-state index in [1.807, 2.05) is 31.2 Å². The fourth-order valence-electron chi connectivity index (χ4n) is 2.22. The molecule has 0 radical (unpaired) electrons. The van der Waals surface area contributed by atoms with E-state index in [0.717, 1.165) is 22.4 Å². The highest BCUT2D eigenvalue weighted by Gasteiger charge is 2.10. The summed E-state index contributed by atoms with van der Waals surface area (Å²) in [5.74, 6) is 0.582. The van der Waals surface area contributed by atoms with E-state index < -0.39 is 0 Å². The number of hydrogen-bond acceptors (Lipinski definition) is 4. The van der Waals surface area contributed by atoms with Crippen molar-refractivity contribution in [1.82, 2.24) is 9.97 Å². The Morgan fingerprint density at radius 3 is 2.43 bits per heavy atom. The topological polar surface area (TPSA) is 72.0 Å². The Hall–Kier alpha value is -2.88. The number of hydrogen-bond donors (Lipinski definition) is 2. The maximum absolute atomic E-state index is 9.37. The summed E-state index contributed by atoms with van der Waals surface area (Å²) in [5, 5.41) is 9.37. The molecule has 4 heteroatoms. The van der Waals surface area contributed by atoms with Gasteiger partial charge in [-0.15, -0.1) is 0 Å². The second-order valence-corrected chi connectivity index (χ2v) is 4.85. The van der Waals surface area contributed by atoms with Gasteiger partial charge in [-0.2, -0.15) is 0 Å². The summed E-state index contributed by atoms with van der Waals surface area (Å²) >= 11 is 0. The third kappa shape index (κ3) is 2.56. The quantitative estimate of drug-likeness (QED) is 0.753. The summed E-state index contributed by atoms with van der Waals surface area (Å²) in [4.78, 5) is 8.88. The highest BCUT2D eigenvalue weighted by molar-refractivity contribution is 5.74. The van der Waals surface area contributed by atoms with Crippen LogP contribution in [0.15, 0.2) is 54.7 Å². The van der Waals surface area contributed by atoms with Crippen molar-refractivity contribution in [3.8, 4) is 28.3 Å². The van der Waals surface area contributed by atoms with Crippen molar-refractivity contribution in [1.29, 1.82) is 0 Å². The number of nitrogens with zero attached hydrogens (tertiary/aromatic N) is 2. The Bertz CT molecular complexity index is 782. The number of aromatic nitrogens is 2. The van der Waals surface area contributed by atoms with E-state index >= 15 is 0 Å². The van der Waals surface area contributed by atoms with Crippen LogP contribution in [-0.4, -0.2) is 15.1 Å². The van der Waals surface area contributed by atoms with Gasteiger partial charge in [0.2, 0.25) is 0 Å². The van der Waals surface area contributed by atoms with Crippen molar-refractivity contribution < 1.29 is 5.11 Å². The van der Waals surface area contributed by atoms with Crippen LogP contribution in [0.2, 0.25) is 0 Å². The molecule has 3 N–H and O–H groups in total. The summed E-state index contributed by atoms with van der Waals surface area (Å²) in [6, 6.07) is 14.8. The van der Waals surface area contributed by atoms with Gasteiger partial charge in [-0.05, 0) is 36.8 Å². The van der Waals surface area contributed by atoms with Crippen molar-refractivity contribution in [2.45, 2.75) is 6.92 Å². The van der Waals surface area contributed by atoms with Gasteiger partial charge in [0.25, 0.3) is 0 Å². The first kappa shape index (κ1) is 13.1. The molecule has 0 amide bonds. The molecule has 0 saturated carbocycles. The zero-order valence-corrected chi connectivity index (χ0v) is 11.6. The lowest BCUT2D eigenvalue weighted by molar-refractivity contribution is 0.475. The highest BCUT2D eigenvalue weighted by Crippen LogP contribution is 2.28. The molecule has 0 aliphatic heterocycles. The van der Waals surface area contributed by atoms with Gasteiger partial charge in [-0.3, -0.25) is 0 Å². The van der Waals surface area contributed by atoms with Crippen molar-refractivity contribution >= 4 is 5.82 Å². The minimum Gasteiger partial charge on any atom is -0.508 e. The normalized spacial score (nSPS) is 10.5. The van der Waals surface area contributed by atoms with Crippen LogP contribution in [0.25, 0.3) is 22.5 Å². The van der Waals surface area contributed by atoms with Gasteiger partial charge in [-0.25, -0.2) is 9.97 Å². The largest absolute Gasteiger partial charge is 0.508 e. The van der Waals surface area contributed by atoms with Gasteiger partial charge in [0, 0.05) is 11.1 Å². The van der Waals surface area contributed by atoms with Gasteiger partial charge < -0.3 is 10.8 Å². The van der Waals surface area contributed by atoms with Gasteiger partial charge in [0.15, 0.2) is 0 Å². The van der Waals surface area contributed by atoms with Gasteiger partial charge in [0.05, 0.1) is 11.9 Å². The Balaban J connectivity index is 2.13. The monoisotopic (exact) mass is 277 g/mol. The maximum atomic E-state index is 9.37. The summed E-state index contributed by atoms with van der Waals surface area (Å²) < 4.78 is 0. The number of nitrogen functional groups attached to an aromatic ring is 1. The van der Waals surface area contributed by atoms with Crippen LogP contribution < -0.4 is 5.73 Å². The standard InChI is InChI=1S/C17H15N3O/c1-11-4-2-3-5-14(11)15-10-19-17(18)16(20-15)12-6-8-13(21)9-7-12/h2-10,21H,1H3,(H2,18,19). The summed E-state index contributed by atoms with van der Waals surface area (Å²) in [5.41, 5.74) is 10.3. The summed E-state index contributed by atoms with van der Waals surface area (Å²) in [6.45, 7) is 2.04. The number of anilines is 1. The zero-order chi connectivity index (χ0) is 14.8. The van der Waals surface area contributed by atoms with Gasteiger partial charge in [0.1, 0.15) is 17.3 Å². The molecule has 21 heavy (non-hydrogen) atoms. The molecular weight excluding hydrogens is 262 g/mol. The second kappa shape index (κ2) is 5.25. The number of phenols is 1. The molecule has 0 aliphatic carbocycles. The molecule has 0 spiro atoms. The van der Waals surface area contributed by atoms with Gasteiger partial charge >= 0.3 is 0 Å². The molecule has 1 heterocycles. The van der Waals surface area contributed by atoms with E-state index in [4.69, 9.17) is 5.73 Å². The van der Waals surface area contributed by atoms with Crippen molar-refractivity contribution in [2.24, 2.45) is 0 Å². The minimum absolute atomic E-state index is 0.209. The molecule has 0 atom stereocenters. The zero-order valence-electron chi connectivity index (χ0n) is 11.6. The fraction of sp³-hybridized carbons (Fsp3) is 0.0588. The molecule has 3 aromatic rings. The average Bonchev–Trinajstić information content (AvgIpc) is 2.50. The van der Waals surface area contributed by atoms with Crippen LogP contribution in [0.5, 0.6) is 5.75 Å². The molecular formula is C17H15N3O. The van der Waals surface area contributed by atoms with Crippen LogP contribution in [-0.2, 0) is 0 Å². The van der Waals surface area contributed by atoms with E-state index in [1.165, 1.54) is 0 Å². The Labute approximate surface area is 122 Å². The molecule has 1 aromatic heterocycles. The van der Waals surface area contributed by atoms with E-state index in [2.05, 4.69) is 9.97 Å².